The maximum Gasteiger partial charge on any atom is 0.108 e. The molecule has 0 aliphatic carbocycles. The zero-order chi connectivity index (χ0) is 18.1. The van der Waals surface area contributed by atoms with E-state index in [-0.39, 0.29) is 11.1 Å². The zero-order valence-electron chi connectivity index (χ0n) is 15.3. The second-order valence-corrected chi connectivity index (χ2v) is 10.2. The van der Waals surface area contributed by atoms with E-state index in [1.807, 2.05) is 6.07 Å². The Hall–Kier alpha value is -0.756. The van der Waals surface area contributed by atoms with Crippen LogP contribution in [0.15, 0.2) is 53.0 Å². The van der Waals surface area contributed by atoms with E-state index in [4.69, 9.17) is 11.6 Å². The highest BCUT2D eigenvalue weighted by molar-refractivity contribution is 9.10. The van der Waals surface area contributed by atoms with Gasteiger partial charge in [-0.25, -0.2) is 0 Å². The second-order valence-electron chi connectivity index (χ2n) is 7.17. The number of rotatable bonds is 5. The van der Waals surface area contributed by atoms with Crippen molar-refractivity contribution in [3.8, 4) is 0 Å². The SMILES string of the molecule is CC(C)(N([SiH3])c1ccccc1)C(C)(C)N([SiH3])c1ccc(Cl)c(Br)c1. The van der Waals surface area contributed by atoms with Gasteiger partial charge in [-0.2, -0.15) is 0 Å². The zero-order valence-corrected chi connectivity index (χ0v) is 21.6. The highest BCUT2D eigenvalue weighted by Crippen LogP contribution is 2.38. The van der Waals surface area contributed by atoms with Crippen LogP contribution >= 0.6 is 27.5 Å². The first-order valence-electron chi connectivity index (χ1n) is 8.07. The predicted octanol–water partition coefficient (Wildman–Crippen LogP) is 3.53. The number of anilines is 2. The van der Waals surface area contributed by atoms with Crippen molar-refractivity contribution in [3.63, 3.8) is 0 Å². The third kappa shape index (κ3) is 3.59. The van der Waals surface area contributed by atoms with Gasteiger partial charge in [0.05, 0.1) is 5.02 Å². The number of hydrogen-bond acceptors (Lipinski definition) is 2. The van der Waals surface area contributed by atoms with Gasteiger partial charge in [-0.3, -0.25) is 0 Å². The van der Waals surface area contributed by atoms with Gasteiger partial charge < -0.3 is 9.13 Å². The van der Waals surface area contributed by atoms with Crippen LogP contribution in [0.4, 0.5) is 11.4 Å². The molecule has 0 aromatic heterocycles. The first-order chi connectivity index (χ1) is 11.1. The highest BCUT2D eigenvalue weighted by Gasteiger charge is 2.42. The third-order valence-electron chi connectivity index (χ3n) is 5.61. The number of hydrogen-bond donors (Lipinski definition) is 0. The molecule has 0 fully saturated rings. The maximum atomic E-state index is 6.16. The molecule has 0 saturated carbocycles. The Morgan fingerprint density at radius 2 is 1.33 bits per heavy atom. The second kappa shape index (κ2) is 7.24. The predicted molar refractivity (Wildman–Crippen MR) is 119 cm³/mol. The molecule has 0 atom stereocenters. The van der Waals surface area contributed by atoms with E-state index in [1.54, 1.807) is 0 Å². The molecule has 0 N–H and O–H groups in total. The first-order valence-corrected chi connectivity index (χ1v) is 11.0. The van der Waals surface area contributed by atoms with E-state index in [9.17, 15) is 0 Å². The molecule has 0 heterocycles. The molecule has 24 heavy (non-hydrogen) atoms. The van der Waals surface area contributed by atoms with E-state index in [0.29, 0.717) is 0 Å². The molecule has 2 aromatic rings. The van der Waals surface area contributed by atoms with Crippen LogP contribution in [0.1, 0.15) is 27.7 Å². The molecule has 0 aliphatic heterocycles. The van der Waals surface area contributed by atoms with E-state index in [0.717, 1.165) is 30.3 Å². The van der Waals surface area contributed by atoms with Gasteiger partial charge in [0.1, 0.15) is 20.8 Å². The van der Waals surface area contributed by atoms with Crippen LogP contribution in [0.3, 0.4) is 0 Å². The van der Waals surface area contributed by atoms with E-state index < -0.39 is 0 Å². The van der Waals surface area contributed by atoms with Crippen LogP contribution in [0.2, 0.25) is 5.02 Å². The van der Waals surface area contributed by atoms with Crippen molar-refractivity contribution in [1.29, 1.82) is 0 Å². The fourth-order valence-corrected chi connectivity index (χ4v) is 4.97. The van der Waals surface area contributed by atoms with E-state index in [1.165, 1.54) is 11.4 Å². The lowest BCUT2D eigenvalue weighted by molar-refractivity contribution is 0.320. The van der Waals surface area contributed by atoms with Gasteiger partial charge in [0.25, 0.3) is 0 Å². The summed E-state index contributed by atoms with van der Waals surface area (Å²) in [4.78, 5) is 0. The summed E-state index contributed by atoms with van der Waals surface area (Å²) in [7, 11) is 1.89. The minimum absolute atomic E-state index is 0.0194. The summed E-state index contributed by atoms with van der Waals surface area (Å²) < 4.78 is 5.92. The van der Waals surface area contributed by atoms with Crippen LogP contribution < -0.4 is 9.13 Å². The van der Waals surface area contributed by atoms with Crippen LogP contribution in [0.25, 0.3) is 0 Å². The van der Waals surface area contributed by atoms with Crippen LogP contribution in [-0.4, -0.2) is 31.9 Å². The summed E-state index contributed by atoms with van der Waals surface area (Å²) in [6.07, 6.45) is 0. The minimum atomic E-state index is -0.0376. The Labute approximate surface area is 165 Å². The molecule has 0 bridgehead atoms. The Morgan fingerprint density at radius 1 is 0.833 bits per heavy atom. The number of benzene rings is 2. The van der Waals surface area contributed by atoms with Gasteiger partial charge in [-0.05, 0) is 74.0 Å². The standard InChI is InChI=1S/C18H26BrClN2Si2/c1-17(2,21(23)13-8-6-5-7-9-13)18(3,4)22(24)14-10-11-16(20)15(19)12-14/h5-12H,1-4,23-24H3. The summed E-state index contributed by atoms with van der Waals surface area (Å²) in [5.41, 5.74) is 2.44. The summed E-state index contributed by atoms with van der Waals surface area (Å²) in [6, 6.07) is 16.9. The molecule has 0 aliphatic rings. The number of para-hydroxylation sites is 1. The molecule has 2 nitrogen and oxygen atoms in total. The third-order valence-corrected chi connectivity index (χ3v) is 10.1. The summed E-state index contributed by atoms with van der Waals surface area (Å²) in [5.74, 6) is 0. The van der Waals surface area contributed by atoms with Crippen LogP contribution in [0, 0.1) is 0 Å². The lowest BCUT2D eigenvalue weighted by atomic mass is 9.81. The Balaban J connectivity index is 2.37. The molecule has 0 saturated heterocycles. The Kier molecular flexibility index (Phi) is 5.90. The maximum absolute atomic E-state index is 6.16. The van der Waals surface area contributed by atoms with Crippen molar-refractivity contribution in [1.82, 2.24) is 0 Å². The van der Waals surface area contributed by atoms with Crippen molar-refractivity contribution in [2.75, 3.05) is 9.13 Å². The summed E-state index contributed by atoms with van der Waals surface area (Å²) in [6.45, 7) is 9.33. The largest absolute Gasteiger partial charge is 0.399 e. The monoisotopic (exact) mass is 440 g/mol. The van der Waals surface area contributed by atoms with Gasteiger partial charge in [-0.15, -0.1) is 0 Å². The molecule has 2 rings (SSSR count). The van der Waals surface area contributed by atoms with Crippen molar-refractivity contribution < 1.29 is 0 Å². The lowest BCUT2D eigenvalue weighted by Gasteiger charge is -2.54. The summed E-state index contributed by atoms with van der Waals surface area (Å²) in [5, 5.41) is 0.750. The Morgan fingerprint density at radius 3 is 1.83 bits per heavy atom. The molecule has 0 unspecified atom stereocenters. The molecular formula is C18H26BrClN2Si2. The van der Waals surface area contributed by atoms with Crippen LogP contribution in [-0.2, 0) is 0 Å². The summed E-state index contributed by atoms with van der Waals surface area (Å²) >= 11 is 9.71. The van der Waals surface area contributed by atoms with Gasteiger partial charge in [0, 0.05) is 26.9 Å². The van der Waals surface area contributed by atoms with Gasteiger partial charge in [0.15, 0.2) is 0 Å². The quantitative estimate of drug-likeness (QED) is 0.655. The Bertz CT molecular complexity index is 707. The van der Waals surface area contributed by atoms with Gasteiger partial charge in [-0.1, -0.05) is 29.8 Å². The van der Waals surface area contributed by atoms with E-state index >= 15 is 0 Å². The van der Waals surface area contributed by atoms with Crippen molar-refractivity contribution in [3.05, 3.63) is 58.0 Å². The fourth-order valence-electron chi connectivity index (χ4n) is 2.81. The minimum Gasteiger partial charge on any atom is -0.399 e. The van der Waals surface area contributed by atoms with Crippen molar-refractivity contribution in [2.24, 2.45) is 0 Å². The molecule has 2 aromatic carbocycles. The normalized spacial score (nSPS) is 12.4. The fraction of sp³-hybridized carbons (Fsp3) is 0.333. The molecule has 0 amide bonds. The lowest BCUT2D eigenvalue weighted by Crippen LogP contribution is -2.65. The molecular weight excluding hydrogens is 416 g/mol. The van der Waals surface area contributed by atoms with Crippen molar-refractivity contribution >= 4 is 59.7 Å². The molecule has 0 spiro atoms. The van der Waals surface area contributed by atoms with Crippen LogP contribution in [0.5, 0.6) is 0 Å². The number of nitrogens with zero attached hydrogens (tertiary/aromatic N) is 2. The average molecular weight is 442 g/mol. The van der Waals surface area contributed by atoms with Gasteiger partial charge >= 0.3 is 0 Å². The molecule has 6 heteroatoms. The van der Waals surface area contributed by atoms with Crippen molar-refractivity contribution in [2.45, 2.75) is 38.8 Å². The smallest absolute Gasteiger partial charge is 0.108 e. The highest BCUT2D eigenvalue weighted by atomic mass is 79.9. The topological polar surface area (TPSA) is 6.48 Å². The number of halogens is 2. The van der Waals surface area contributed by atoms with E-state index in [2.05, 4.69) is 95.2 Å². The average Bonchev–Trinajstić information content (AvgIpc) is 2.56. The van der Waals surface area contributed by atoms with Gasteiger partial charge in [0.2, 0.25) is 0 Å². The molecule has 130 valence electrons. The molecule has 0 radical (unpaired) electrons. The first kappa shape index (κ1) is 19.6.